The number of aryl methyl sites for hydroxylation is 1. The lowest BCUT2D eigenvalue weighted by Gasteiger charge is -2.12. The summed E-state index contributed by atoms with van der Waals surface area (Å²) in [6.45, 7) is 11.6. The largest absolute Gasteiger partial charge is 0.264 e. The number of benzene rings is 2. The molecular formula is C25H32N2O2S. The van der Waals surface area contributed by atoms with Gasteiger partial charge in [-0.2, -0.15) is 5.10 Å². The fraction of sp³-hybridized carbons (Fsp3) is 0.400. The van der Waals surface area contributed by atoms with Gasteiger partial charge in [0.15, 0.2) is 9.84 Å². The molecule has 0 saturated heterocycles. The Bertz CT molecular complexity index is 1120. The average Bonchev–Trinajstić information content (AvgIpc) is 3.10. The molecule has 1 aromatic heterocycles. The van der Waals surface area contributed by atoms with Crippen LogP contribution in [0.5, 0.6) is 0 Å². The Kier molecular flexibility index (Phi) is 6.51. The van der Waals surface area contributed by atoms with Gasteiger partial charge >= 0.3 is 0 Å². The van der Waals surface area contributed by atoms with Crippen LogP contribution in [-0.4, -0.2) is 24.5 Å². The molecule has 30 heavy (non-hydrogen) atoms. The Labute approximate surface area is 180 Å². The van der Waals surface area contributed by atoms with E-state index in [4.69, 9.17) is 5.10 Å². The maximum atomic E-state index is 12.2. The molecule has 5 heteroatoms. The maximum absolute atomic E-state index is 12.2. The van der Waals surface area contributed by atoms with Crippen LogP contribution in [0.4, 0.5) is 0 Å². The highest BCUT2D eigenvalue weighted by molar-refractivity contribution is 7.90. The van der Waals surface area contributed by atoms with Crippen LogP contribution < -0.4 is 0 Å². The molecule has 3 aromatic rings. The van der Waals surface area contributed by atoms with Gasteiger partial charge in [0.1, 0.15) is 0 Å². The molecule has 0 unspecified atom stereocenters. The van der Waals surface area contributed by atoms with Crippen LogP contribution in [0.15, 0.2) is 53.4 Å². The lowest BCUT2D eigenvalue weighted by atomic mass is 10.0. The van der Waals surface area contributed by atoms with E-state index in [1.165, 1.54) is 6.26 Å². The highest BCUT2D eigenvalue weighted by Gasteiger charge is 2.15. The molecule has 160 valence electrons. The monoisotopic (exact) mass is 424 g/mol. The molecule has 0 aliphatic rings. The van der Waals surface area contributed by atoms with Gasteiger partial charge in [0, 0.05) is 12.8 Å². The molecule has 3 rings (SSSR count). The van der Waals surface area contributed by atoms with Crippen LogP contribution in [0, 0.1) is 5.92 Å². The van der Waals surface area contributed by atoms with E-state index in [-0.39, 0.29) is 0 Å². The zero-order chi connectivity index (χ0) is 22.1. The van der Waals surface area contributed by atoms with Gasteiger partial charge < -0.3 is 0 Å². The van der Waals surface area contributed by atoms with E-state index in [2.05, 4.69) is 62.7 Å². The van der Waals surface area contributed by atoms with Crippen molar-refractivity contribution in [2.75, 3.05) is 6.26 Å². The molecule has 0 fully saturated rings. The zero-order valence-electron chi connectivity index (χ0n) is 18.8. The number of sulfone groups is 1. The van der Waals surface area contributed by atoms with Crippen molar-refractivity contribution >= 4 is 9.84 Å². The van der Waals surface area contributed by atoms with E-state index in [1.807, 2.05) is 19.1 Å². The first-order valence-corrected chi connectivity index (χ1v) is 12.5. The van der Waals surface area contributed by atoms with Gasteiger partial charge in [-0.1, -0.05) is 71.0 Å². The minimum absolute atomic E-state index is 0.378. The fourth-order valence-corrected chi connectivity index (χ4v) is 4.67. The van der Waals surface area contributed by atoms with Crippen LogP contribution in [0.3, 0.4) is 0 Å². The summed E-state index contributed by atoms with van der Waals surface area (Å²) in [6.07, 6.45) is 1.97. The number of rotatable bonds is 7. The predicted octanol–water partition coefficient (Wildman–Crippen LogP) is 5.96. The molecule has 0 aliphatic heterocycles. The molecule has 4 nitrogen and oxygen atoms in total. The Morgan fingerprint density at radius 1 is 0.900 bits per heavy atom. The zero-order valence-corrected chi connectivity index (χ0v) is 19.6. The van der Waals surface area contributed by atoms with Crippen molar-refractivity contribution in [1.82, 2.24) is 9.78 Å². The normalized spacial score (nSPS) is 12.1. The average molecular weight is 425 g/mol. The van der Waals surface area contributed by atoms with Crippen LogP contribution in [0.25, 0.3) is 22.4 Å². The van der Waals surface area contributed by atoms with Crippen molar-refractivity contribution in [2.45, 2.75) is 58.4 Å². The standard InChI is InChI=1S/C25H32N2O2S/c1-7-19-8-13-22(14-25(19)30(6,28)29)20-9-11-21(12-10-20)24-15-23(18(4)5)26-27(24)16-17(2)3/h8-15,17-18H,7,16H2,1-6H3. The fourth-order valence-electron chi connectivity index (χ4n) is 3.64. The third-order valence-electron chi connectivity index (χ3n) is 5.29. The van der Waals surface area contributed by atoms with Gasteiger partial charge in [0.05, 0.1) is 16.3 Å². The topological polar surface area (TPSA) is 52.0 Å². The van der Waals surface area contributed by atoms with E-state index in [1.54, 1.807) is 6.07 Å². The van der Waals surface area contributed by atoms with Crippen LogP contribution in [0.1, 0.15) is 51.8 Å². The number of nitrogens with zero attached hydrogens (tertiary/aromatic N) is 2. The summed E-state index contributed by atoms with van der Waals surface area (Å²) in [5, 5.41) is 4.81. The summed E-state index contributed by atoms with van der Waals surface area (Å²) in [7, 11) is -3.26. The van der Waals surface area contributed by atoms with Crippen molar-refractivity contribution in [3.63, 3.8) is 0 Å². The van der Waals surface area contributed by atoms with E-state index in [9.17, 15) is 8.42 Å². The summed E-state index contributed by atoms with van der Waals surface area (Å²) in [4.78, 5) is 0.420. The SMILES string of the molecule is CCc1ccc(-c2ccc(-c3cc(C(C)C)nn3CC(C)C)cc2)cc1S(C)(=O)=O. The molecule has 0 bridgehead atoms. The molecule has 0 N–H and O–H groups in total. The maximum Gasteiger partial charge on any atom is 0.175 e. The summed E-state index contributed by atoms with van der Waals surface area (Å²) >= 11 is 0. The molecule has 0 atom stereocenters. The Morgan fingerprint density at radius 3 is 2.03 bits per heavy atom. The first kappa shape index (κ1) is 22.3. The minimum atomic E-state index is -3.26. The van der Waals surface area contributed by atoms with Crippen LogP contribution in [-0.2, 0) is 22.8 Å². The van der Waals surface area contributed by atoms with Crippen molar-refractivity contribution in [3.8, 4) is 22.4 Å². The van der Waals surface area contributed by atoms with Gasteiger partial charge in [-0.05, 0) is 52.6 Å². The van der Waals surface area contributed by atoms with Crippen molar-refractivity contribution in [2.24, 2.45) is 5.92 Å². The molecule has 0 spiro atoms. The van der Waals surface area contributed by atoms with Gasteiger partial charge in [0.2, 0.25) is 0 Å². The van der Waals surface area contributed by atoms with E-state index < -0.39 is 9.84 Å². The van der Waals surface area contributed by atoms with Crippen LogP contribution >= 0.6 is 0 Å². The molecule has 0 amide bonds. The molecule has 1 heterocycles. The number of hydrogen-bond acceptors (Lipinski definition) is 3. The quantitative estimate of drug-likeness (QED) is 0.470. The first-order chi connectivity index (χ1) is 14.1. The van der Waals surface area contributed by atoms with Gasteiger partial charge in [0.25, 0.3) is 0 Å². The Morgan fingerprint density at radius 2 is 1.50 bits per heavy atom. The highest BCUT2D eigenvalue weighted by atomic mass is 32.2. The molecule has 0 aliphatic carbocycles. The molecular weight excluding hydrogens is 392 g/mol. The smallest absolute Gasteiger partial charge is 0.175 e. The lowest BCUT2D eigenvalue weighted by molar-refractivity contribution is 0.482. The van der Waals surface area contributed by atoms with E-state index >= 15 is 0 Å². The van der Waals surface area contributed by atoms with Gasteiger partial charge in [-0.3, -0.25) is 4.68 Å². The summed E-state index contributed by atoms with van der Waals surface area (Å²) in [5.74, 6) is 0.886. The lowest BCUT2D eigenvalue weighted by Crippen LogP contribution is -2.08. The van der Waals surface area contributed by atoms with E-state index in [0.717, 1.165) is 40.2 Å². The van der Waals surface area contributed by atoms with E-state index in [0.29, 0.717) is 23.2 Å². The number of aromatic nitrogens is 2. The molecule has 0 radical (unpaired) electrons. The highest BCUT2D eigenvalue weighted by Crippen LogP contribution is 2.30. The molecule has 0 saturated carbocycles. The number of hydrogen-bond donors (Lipinski definition) is 0. The summed E-state index contributed by atoms with van der Waals surface area (Å²) in [6, 6.07) is 16.2. The van der Waals surface area contributed by atoms with Gasteiger partial charge in [-0.15, -0.1) is 0 Å². The third-order valence-corrected chi connectivity index (χ3v) is 6.47. The van der Waals surface area contributed by atoms with Gasteiger partial charge in [-0.25, -0.2) is 8.42 Å². The Balaban J connectivity index is 2.00. The van der Waals surface area contributed by atoms with Crippen molar-refractivity contribution in [1.29, 1.82) is 0 Å². The first-order valence-electron chi connectivity index (χ1n) is 10.6. The summed E-state index contributed by atoms with van der Waals surface area (Å²) in [5.41, 5.74) is 6.12. The molecule has 2 aromatic carbocycles. The van der Waals surface area contributed by atoms with Crippen LogP contribution in [0.2, 0.25) is 0 Å². The van der Waals surface area contributed by atoms with Crippen molar-refractivity contribution in [3.05, 3.63) is 59.8 Å². The predicted molar refractivity (Wildman–Crippen MR) is 125 cm³/mol. The second kappa shape index (κ2) is 8.76. The minimum Gasteiger partial charge on any atom is -0.264 e. The second-order valence-corrected chi connectivity index (χ2v) is 10.7. The third kappa shape index (κ3) is 4.84. The second-order valence-electron chi connectivity index (χ2n) is 8.71. The van der Waals surface area contributed by atoms with Crippen molar-refractivity contribution < 1.29 is 8.42 Å². The Hall–Kier alpha value is -2.40. The summed E-state index contributed by atoms with van der Waals surface area (Å²) < 4.78 is 26.5.